The monoisotopic (exact) mass is 252 g/mol. The summed E-state index contributed by atoms with van der Waals surface area (Å²) in [7, 11) is 0. The van der Waals surface area contributed by atoms with Crippen molar-refractivity contribution in [2.45, 2.75) is 25.9 Å². The third kappa shape index (κ3) is 16.0. The summed E-state index contributed by atoms with van der Waals surface area (Å²) in [6.45, 7) is 3.73. The predicted molar refractivity (Wildman–Crippen MR) is 61.1 cm³/mol. The van der Waals surface area contributed by atoms with Crippen LogP contribution in [0.5, 0.6) is 0 Å². The van der Waals surface area contributed by atoms with Gasteiger partial charge in [-0.25, -0.2) is 39.1 Å². The minimum atomic E-state index is -0.260. The van der Waals surface area contributed by atoms with Crippen molar-refractivity contribution >= 4 is 24.3 Å². The summed E-state index contributed by atoms with van der Waals surface area (Å²) >= 11 is 0. The van der Waals surface area contributed by atoms with Gasteiger partial charge in [-0.1, -0.05) is 0 Å². The lowest BCUT2D eigenvalue weighted by molar-refractivity contribution is 0.554. The molecule has 0 saturated carbocycles. The highest BCUT2D eigenvalue weighted by Crippen LogP contribution is 1.86. The Balaban J connectivity index is 0. The van der Waals surface area contributed by atoms with Crippen molar-refractivity contribution < 1.29 is 19.2 Å². The highest BCUT2D eigenvalue weighted by atomic mass is 16.1. The van der Waals surface area contributed by atoms with Gasteiger partial charge in [0.25, 0.3) is 0 Å². The number of hydrogen-bond donors (Lipinski definition) is 0. The smallest absolute Gasteiger partial charge is 0.211 e. The van der Waals surface area contributed by atoms with Gasteiger partial charge in [-0.2, -0.15) is 0 Å². The molecule has 0 aromatic carbocycles. The lowest BCUT2D eigenvalue weighted by Gasteiger charge is -1.91. The fraction of sp³-hybridized carbons (Fsp3) is 0.600. The first-order valence-corrected chi connectivity index (χ1v) is 4.83. The van der Waals surface area contributed by atoms with E-state index in [9.17, 15) is 19.2 Å². The van der Waals surface area contributed by atoms with E-state index in [2.05, 4.69) is 20.0 Å². The van der Waals surface area contributed by atoms with Crippen LogP contribution in [0.1, 0.15) is 13.8 Å². The molecule has 0 rings (SSSR count). The third-order valence-electron chi connectivity index (χ3n) is 1.39. The molecule has 0 heterocycles. The summed E-state index contributed by atoms with van der Waals surface area (Å²) in [5, 5.41) is 0. The van der Waals surface area contributed by atoms with E-state index in [4.69, 9.17) is 0 Å². The molecular formula is C10H12N4O4. The second-order valence-electron chi connectivity index (χ2n) is 3.00. The van der Waals surface area contributed by atoms with Gasteiger partial charge in [-0.15, -0.1) is 0 Å². The van der Waals surface area contributed by atoms with Crippen molar-refractivity contribution in [3.63, 3.8) is 0 Å². The van der Waals surface area contributed by atoms with E-state index in [0.717, 1.165) is 0 Å². The summed E-state index contributed by atoms with van der Waals surface area (Å²) in [5.74, 6) is 0. The van der Waals surface area contributed by atoms with E-state index in [1.807, 2.05) is 0 Å². The second-order valence-corrected chi connectivity index (χ2v) is 3.00. The molecule has 8 nitrogen and oxygen atoms in total. The van der Waals surface area contributed by atoms with Gasteiger partial charge < -0.3 is 0 Å². The molecule has 0 fully saturated rings. The lowest BCUT2D eigenvalue weighted by atomic mass is 10.4. The van der Waals surface area contributed by atoms with Crippen molar-refractivity contribution in [1.82, 2.24) is 0 Å². The Labute approximate surface area is 103 Å². The van der Waals surface area contributed by atoms with Gasteiger partial charge in [0.15, 0.2) is 0 Å². The number of hydrogen-bond acceptors (Lipinski definition) is 8. The maximum absolute atomic E-state index is 9.55. The summed E-state index contributed by atoms with van der Waals surface area (Å²) in [6, 6.07) is -0.520. The molecular weight excluding hydrogens is 240 g/mol. The Morgan fingerprint density at radius 1 is 0.722 bits per heavy atom. The van der Waals surface area contributed by atoms with Crippen molar-refractivity contribution in [2.24, 2.45) is 20.0 Å². The van der Waals surface area contributed by atoms with E-state index < -0.39 is 0 Å². The van der Waals surface area contributed by atoms with Gasteiger partial charge in [-0.05, 0) is 13.8 Å². The Morgan fingerprint density at radius 3 is 1.28 bits per heavy atom. The van der Waals surface area contributed by atoms with Crippen LogP contribution in [0.2, 0.25) is 0 Å². The molecule has 0 saturated heterocycles. The first-order valence-electron chi connectivity index (χ1n) is 4.83. The molecule has 0 aromatic rings. The van der Waals surface area contributed by atoms with Crippen LogP contribution in [0.3, 0.4) is 0 Å². The average molecular weight is 252 g/mol. The van der Waals surface area contributed by atoms with E-state index in [1.54, 1.807) is 13.8 Å². The van der Waals surface area contributed by atoms with Crippen molar-refractivity contribution in [2.75, 3.05) is 13.1 Å². The van der Waals surface area contributed by atoms with Crippen LogP contribution in [0.4, 0.5) is 0 Å². The van der Waals surface area contributed by atoms with E-state index >= 15 is 0 Å². The number of isocyanates is 4. The number of carbonyl (C=O) groups excluding carboxylic acids is 4. The predicted octanol–water partition coefficient (Wildman–Crippen LogP) is 0.0930. The standard InChI is InChI=1S/2C5H6N2O2/c2*1-5(7-4-9)2-6-3-8/h2*5H,2H2,1H3. The SMILES string of the molecule is CC(CN=C=O)N=C=O.CC(CN=C=O)N=C=O. The minimum Gasteiger partial charge on any atom is -0.211 e. The highest BCUT2D eigenvalue weighted by Gasteiger charge is 1.93. The molecule has 0 radical (unpaired) electrons. The number of rotatable bonds is 6. The molecule has 0 aliphatic carbocycles. The molecule has 0 aliphatic rings. The molecule has 2 unspecified atom stereocenters. The quantitative estimate of drug-likeness (QED) is 0.491. The summed E-state index contributed by atoms with van der Waals surface area (Å²) in [6.07, 6.45) is 5.41. The Hall–Kier alpha value is -2.48. The molecule has 0 spiro atoms. The van der Waals surface area contributed by atoms with E-state index in [1.165, 1.54) is 24.3 Å². The second kappa shape index (κ2) is 14.5. The zero-order chi connectivity index (χ0) is 14.2. The van der Waals surface area contributed by atoms with E-state index in [0.29, 0.717) is 0 Å². The molecule has 96 valence electrons. The molecule has 0 aliphatic heterocycles. The lowest BCUT2D eigenvalue weighted by Crippen LogP contribution is -2.00. The Kier molecular flexibility index (Phi) is 14.4. The first-order chi connectivity index (χ1) is 8.62. The van der Waals surface area contributed by atoms with Crippen LogP contribution in [-0.2, 0) is 19.2 Å². The van der Waals surface area contributed by atoms with Gasteiger partial charge in [0.1, 0.15) is 0 Å². The Bertz CT molecular complexity index is 372. The summed E-state index contributed by atoms with van der Waals surface area (Å²) in [5.41, 5.74) is 0. The van der Waals surface area contributed by atoms with Crippen molar-refractivity contribution in [3.05, 3.63) is 0 Å². The molecule has 0 bridgehead atoms. The summed E-state index contributed by atoms with van der Waals surface area (Å²) in [4.78, 5) is 51.0. The van der Waals surface area contributed by atoms with Crippen molar-refractivity contribution in [3.8, 4) is 0 Å². The van der Waals surface area contributed by atoms with Gasteiger partial charge in [0, 0.05) is 0 Å². The number of nitrogens with zero attached hydrogens (tertiary/aromatic N) is 4. The van der Waals surface area contributed by atoms with Crippen molar-refractivity contribution in [1.29, 1.82) is 0 Å². The number of aliphatic imine (C=N–C) groups is 4. The maximum atomic E-state index is 9.55. The maximum Gasteiger partial charge on any atom is 0.235 e. The van der Waals surface area contributed by atoms with Gasteiger partial charge in [0.05, 0.1) is 25.2 Å². The van der Waals surface area contributed by atoms with Crippen LogP contribution in [0, 0.1) is 0 Å². The van der Waals surface area contributed by atoms with Crippen LogP contribution >= 0.6 is 0 Å². The zero-order valence-electron chi connectivity index (χ0n) is 9.99. The summed E-state index contributed by atoms with van der Waals surface area (Å²) < 4.78 is 0. The van der Waals surface area contributed by atoms with Gasteiger partial charge in [0.2, 0.25) is 24.3 Å². The van der Waals surface area contributed by atoms with Crippen LogP contribution in [0.15, 0.2) is 20.0 Å². The molecule has 0 amide bonds. The topological polar surface area (TPSA) is 118 Å². The first kappa shape index (κ1) is 17.9. The molecule has 18 heavy (non-hydrogen) atoms. The van der Waals surface area contributed by atoms with E-state index in [-0.39, 0.29) is 25.2 Å². The molecule has 0 aromatic heterocycles. The molecule has 8 heteroatoms. The average Bonchev–Trinajstić information content (AvgIpc) is 2.35. The Morgan fingerprint density at radius 2 is 1.06 bits per heavy atom. The largest absolute Gasteiger partial charge is 0.235 e. The zero-order valence-corrected chi connectivity index (χ0v) is 9.99. The van der Waals surface area contributed by atoms with Crippen LogP contribution in [0.25, 0.3) is 0 Å². The fourth-order valence-electron chi connectivity index (χ4n) is 0.600. The normalized spacial score (nSPS) is 10.8. The highest BCUT2D eigenvalue weighted by molar-refractivity contribution is 5.35. The molecule has 0 N–H and O–H groups in total. The molecule has 2 atom stereocenters. The minimum absolute atomic E-state index is 0.207. The fourth-order valence-corrected chi connectivity index (χ4v) is 0.600. The van der Waals surface area contributed by atoms with Crippen LogP contribution < -0.4 is 0 Å². The third-order valence-corrected chi connectivity index (χ3v) is 1.39. The van der Waals surface area contributed by atoms with Gasteiger partial charge >= 0.3 is 0 Å². The van der Waals surface area contributed by atoms with Gasteiger partial charge in [-0.3, -0.25) is 0 Å². The van der Waals surface area contributed by atoms with Crippen LogP contribution in [-0.4, -0.2) is 49.5 Å².